The smallest absolute Gasteiger partial charge is 0.0950 e. The monoisotopic (exact) mass is 125 g/mol. The molecule has 2 rings (SSSR count). The minimum Gasteiger partial charge on any atom is -0.151 e. The zero-order chi connectivity index (χ0) is 6.27. The summed E-state index contributed by atoms with van der Waals surface area (Å²) in [7, 11) is 0. The molecule has 0 aliphatic heterocycles. The van der Waals surface area contributed by atoms with Crippen LogP contribution in [0.2, 0.25) is 0 Å². The van der Waals surface area contributed by atoms with Crippen molar-refractivity contribution in [3.63, 3.8) is 0 Å². The van der Waals surface area contributed by atoms with Gasteiger partial charge in [-0.15, -0.1) is 0 Å². The molecule has 0 unspecified atom stereocenters. The fraction of sp³-hybridized carbons (Fsp3) is 1.00. The zero-order valence-corrected chi connectivity index (χ0v) is 5.42. The lowest BCUT2D eigenvalue weighted by Crippen LogP contribution is -2.12. The number of nitroso groups, excluding NO2 is 1. The second-order valence-electron chi connectivity index (χ2n) is 3.35. The second-order valence-corrected chi connectivity index (χ2v) is 3.35. The van der Waals surface area contributed by atoms with Crippen molar-refractivity contribution in [2.24, 2.45) is 17.0 Å². The highest BCUT2D eigenvalue weighted by Gasteiger charge is 2.40. The fourth-order valence-electron chi connectivity index (χ4n) is 2.34. The molecule has 0 N–H and O–H groups in total. The van der Waals surface area contributed by atoms with Gasteiger partial charge in [-0.25, -0.2) is 0 Å². The largest absolute Gasteiger partial charge is 0.151 e. The Morgan fingerprint density at radius 3 is 2.44 bits per heavy atom. The van der Waals surface area contributed by atoms with Gasteiger partial charge in [0.25, 0.3) is 0 Å². The molecule has 0 radical (unpaired) electrons. The fourth-order valence-corrected chi connectivity index (χ4v) is 2.34. The van der Waals surface area contributed by atoms with E-state index in [2.05, 4.69) is 5.18 Å². The molecular formula is C7H11NO. The summed E-state index contributed by atoms with van der Waals surface area (Å²) in [4.78, 5) is 10.1. The maximum Gasteiger partial charge on any atom is 0.0950 e. The van der Waals surface area contributed by atoms with E-state index in [0.29, 0.717) is 5.92 Å². The normalized spacial score (nSPS) is 47.8. The first-order valence-corrected chi connectivity index (χ1v) is 3.72. The predicted molar refractivity (Wildman–Crippen MR) is 35.0 cm³/mol. The van der Waals surface area contributed by atoms with E-state index < -0.39 is 0 Å². The molecule has 2 aliphatic carbocycles. The Labute approximate surface area is 54.6 Å². The SMILES string of the molecule is O=N[C@@H]1C[C@H]2CC[C@@H]1C2. The zero-order valence-electron chi connectivity index (χ0n) is 5.42. The molecule has 3 atom stereocenters. The van der Waals surface area contributed by atoms with Crippen LogP contribution in [0.25, 0.3) is 0 Å². The van der Waals surface area contributed by atoms with Crippen molar-refractivity contribution in [2.45, 2.75) is 31.7 Å². The molecule has 2 bridgehead atoms. The molecule has 0 saturated heterocycles. The molecule has 0 heterocycles. The molecular weight excluding hydrogens is 114 g/mol. The minimum atomic E-state index is 0.198. The van der Waals surface area contributed by atoms with Gasteiger partial charge < -0.3 is 0 Å². The van der Waals surface area contributed by atoms with Gasteiger partial charge in [-0.1, -0.05) is 11.6 Å². The van der Waals surface area contributed by atoms with Crippen molar-refractivity contribution in [3.05, 3.63) is 4.91 Å². The molecule has 0 aromatic carbocycles. The van der Waals surface area contributed by atoms with E-state index in [1.54, 1.807) is 0 Å². The summed E-state index contributed by atoms with van der Waals surface area (Å²) in [6, 6.07) is 0.198. The van der Waals surface area contributed by atoms with Gasteiger partial charge in [0.2, 0.25) is 0 Å². The lowest BCUT2D eigenvalue weighted by molar-refractivity contribution is 0.418. The summed E-state index contributed by atoms with van der Waals surface area (Å²) in [5.74, 6) is 1.53. The van der Waals surface area contributed by atoms with Crippen molar-refractivity contribution in [1.82, 2.24) is 0 Å². The Bertz CT molecular complexity index is 135. The van der Waals surface area contributed by atoms with E-state index in [-0.39, 0.29) is 6.04 Å². The average molecular weight is 125 g/mol. The van der Waals surface area contributed by atoms with E-state index in [4.69, 9.17) is 0 Å². The lowest BCUT2D eigenvalue weighted by atomic mass is 9.96. The van der Waals surface area contributed by atoms with Crippen LogP contribution in [0.15, 0.2) is 5.18 Å². The molecule has 2 saturated carbocycles. The summed E-state index contributed by atoms with van der Waals surface area (Å²) in [6.07, 6.45) is 5.00. The van der Waals surface area contributed by atoms with Crippen LogP contribution in [0.1, 0.15) is 25.7 Å². The van der Waals surface area contributed by atoms with E-state index >= 15 is 0 Å². The number of rotatable bonds is 1. The summed E-state index contributed by atoms with van der Waals surface area (Å²) in [5, 5.41) is 3.12. The summed E-state index contributed by atoms with van der Waals surface area (Å²) < 4.78 is 0. The van der Waals surface area contributed by atoms with Crippen LogP contribution < -0.4 is 0 Å². The van der Waals surface area contributed by atoms with Gasteiger partial charge in [-0.05, 0) is 31.1 Å². The van der Waals surface area contributed by atoms with Crippen LogP contribution >= 0.6 is 0 Å². The maximum atomic E-state index is 10.1. The number of hydrogen-bond donors (Lipinski definition) is 0. The van der Waals surface area contributed by atoms with Crippen molar-refractivity contribution >= 4 is 0 Å². The van der Waals surface area contributed by atoms with Crippen LogP contribution in [-0.4, -0.2) is 6.04 Å². The molecule has 2 aliphatic rings. The number of fused-ring (bicyclic) bond motifs is 2. The number of nitrogens with zero attached hydrogens (tertiary/aromatic N) is 1. The lowest BCUT2D eigenvalue weighted by Gasteiger charge is -2.12. The van der Waals surface area contributed by atoms with Gasteiger partial charge >= 0.3 is 0 Å². The van der Waals surface area contributed by atoms with Gasteiger partial charge in [0.05, 0.1) is 6.04 Å². The molecule has 2 fully saturated rings. The quantitative estimate of drug-likeness (QED) is 0.492. The van der Waals surface area contributed by atoms with E-state index in [9.17, 15) is 4.91 Å². The van der Waals surface area contributed by atoms with Gasteiger partial charge in [0, 0.05) is 0 Å². The van der Waals surface area contributed by atoms with E-state index in [1.807, 2.05) is 0 Å². The summed E-state index contributed by atoms with van der Waals surface area (Å²) in [5.41, 5.74) is 0. The number of hydrogen-bond acceptors (Lipinski definition) is 2. The maximum absolute atomic E-state index is 10.1. The summed E-state index contributed by atoms with van der Waals surface area (Å²) >= 11 is 0. The van der Waals surface area contributed by atoms with Crippen LogP contribution in [0, 0.1) is 16.7 Å². The Morgan fingerprint density at radius 2 is 2.11 bits per heavy atom. The second kappa shape index (κ2) is 1.79. The highest BCUT2D eigenvalue weighted by molar-refractivity contribution is 4.93. The third-order valence-corrected chi connectivity index (χ3v) is 2.84. The Kier molecular flexibility index (Phi) is 1.07. The minimum absolute atomic E-state index is 0.198. The topological polar surface area (TPSA) is 29.4 Å². The standard InChI is InChI=1S/C7H11NO/c9-8-7-4-5-1-2-6(7)3-5/h5-7H,1-4H2/t5-,6+,7+/m0/s1. The molecule has 2 heteroatoms. The van der Waals surface area contributed by atoms with Crippen LogP contribution in [0.5, 0.6) is 0 Å². The van der Waals surface area contributed by atoms with Crippen LogP contribution in [-0.2, 0) is 0 Å². The Morgan fingerprint density at radius 1 is 1.22 bits per heavy atom. The average Bonchev–Trinajstić information content (AvgIpc) is 2.45. The highest BCUT2D eigenvalue weighted by Crippen LogP contribution is 2.45. The predicted octanol–water partition coefficient (Wildman–Crippen LogP) is 1.94. The van der Waals surface area contributed by atoms with E-state index in [0.717, 1.165) is 12.3 Å². The first kappa shape index (κ1) is 5.39. The molecule has 0 spiro atoms. The Balaban J connectivity index is 2.09. The van der Waals surface area contributed by atoms with Gasteiger partial charge in [-0.2, -0.15) is 4.91 Å². The Hall–Kier alpha value is -0.400. The van der Waals surface area contributed by atoms with Crippen molar-refractivity contribution in [1.29, 1.82) is 0 Å². The van der Waals surface area contributed by atoms with Gasteiger partial charge in [0.1, 0.15) is 0 Å². The third kappa shape index (κ3) is 0.689. The summed E-state index contributed by atoms with van der Waals surface area (Å²) in [6.45, 7) is 0. The molecule has 50 valence electrons. The van der Waals surface area contributed by atoms with Crippen molar-refractivity contribution in [3.8, 4) is 0 Å². The van der Waals surface area contributed by atoms with Crippen LogP contribution in [0.4, 0.5) is 0 Å². The molecule has 0 amide bonds. The van der Waals surface area contributed by atoms with Crippen LogP contribution in [0.3, 0.4) is 0 Å². The highest BCUT2D eigenvalue weighted by atomic mass is 16.3. The molecule has 0 aromatic heterocycles. The van der Waals surface area contributed by atoms with Gasteiger partial charge in [0.15, 0.2) is 0 Å². The third-order valence-electron chi connectivity index (χ3n) is 2.84. The molecule has 9 heavy (non-hydrogen) atoms. The van der Waals surface area contributed by atoms with Crippen molar-refractivity contribution in [2.75, 3.05) is 0 Å². The first-order valence-electron chi connectivity index (χ1n) is 3.72. The molecule has 2 nitrogen and oxygen atoms in total. The first-order chi connectivity index (χ1) is 4.40. The van der Waals surface area contributed by atoms with Gasteiger partial charge in [-0.3, -0.25) is 0 Å². The molecule has 0 aromatic rings. The van der Waals surface area contributed by atoms with Crippen molar-refractivity contribution < 1.29 is 0 Å². The van der Waals surface area contributed by atoms with E-state index in [1.165, 1.54) is 19.3 Å².